The molecule has 1 N–H and O–H groups in total. The molecule has 7 heteroatoms. The van der Waals surface area contributed by atoms with Gasteiger partial charge in [0.25, 0.3) is 0 Å². The number of nitrogens with one attached hydrogen (secondary N) is 1. The maximum atomic E-state index is 12.8. The summed E-state index contributed by atoms with van der Waals surface area (Å²) >= 11 is 0. The van der Waals surface area contributed by atoms with E-state index in [0.29, 0.717) is 5.56 Å². The van der Waals surface area contributed by atoms with Crippen LogP contribution in [0.1, 0.15) is 30.5 Å². The van der Waals surface area contributed by atoms with Crippen LogP contribution in [0.5, 0.6) is 0 Å². The fourth-order valence-corrected chi connectivity index (χ4v) is 2.18. The van der Waals surface area contributed by atoms with Gasteiger partial charge in [0, 0.05) is 25.4 Å². The van der Waals surface area contributed by atoms with Crippen molar-refractivity contribution < 1.29 is 18.0 Å². The van der Waals surface area contributed by atoms with Crippen LogP contribution in [0.15, 0.2) is 36.7 Å². The molecule has 0 spiro atoms. The number of hydrogen-bond donors (Lipinski definition) is 1. The van der Waals surface area contributed by atoms with Gasteiger partial charge in [0.1, 0.15) is 0 Å². The van der Waals surface area contributed by atoms with Gasteiger partial charge in [0.2, 0.25) is 5.91 Å². The lowest BCUT2D eigenvalue weighted by molar-refractivity contribution is -0.138. The molecule has 0 saturated carbocycles. The lowest BCUT2D eigenvalue weighted by atomic mass is 9.83. The van der Waals surface area contributed by atoms with Crippen LogP contribution in [0.3, 0.4) is 0 Å². The Morgan fingerprint density at radius 1 is 1.26 bits per heavy atom. The van der Waals surface area contributed by atoms with Crippen LogP contribution in [0.4, 0.5) is 13.2 Å². The monoisotopic (exact) mass is 325 g/mol. The molecule has 1 aromatic carbocycles. The Morgan fingerprint density at radius 3 is 2.48 bits per heavy atom. The predicted octanol–water partition coefficient (Wildman–Crippen LogP) is 3.03. The normalized spacial score (nSPS) is 12.3. The molecule has 0 bridgehead atoms. The molecular weight excluding hydrogens is 307 g/mol. The van der Waals surface area contributed by atoms with E-state index in [1.54, 1.807) is 38.0 Å². The van der Waals surface area contributed by atoms with Crippen molar-refractivity contribution in [2.45, 2.75) is 32.0 Å². The fraction of sp³-hybridized carbons (Fsp3) is 0.375. The van der Waals surface area contributed by atoms with Gasteiger partial charge in [-0.05, 0) is 25.5 Å². The van der Waals surface area contributed by atoms with Gasteiger partial charge >= 0.3 is 6.18 Å². The molecule has 4 nitrogen and oxygen atoms in total. The molecule has 23 heavy (non-hydrogen) atoms. The minimum absolute atomic E-state index is 0.273. The molecule has 1 amide bonds. The number of rotatable bonds is 4. The average molecular weight is 325 g/mol. The zero-order valence-corrected chi connectivity index (χ0v) is 13.1. The van der Waals surface area contributed by atoms with Crippen LogP contribution in [-0.2, 0) is 30.0 Å². The average Bonchev–Trinajstić information content (AvgIpc) is 2.89. The number of alkyl halides is 3. The number of hydrogen-bond acceptors (Lipinski definition) is 2. The first-order chi connectivity index (χ1) is 10.6. The number of aromatic nitrogens is 2. The minimum atomic E-state index is -4.43. The molecule has 0 aliphatic heterocycles. The Labute approximate surface area is 132 Å². The number of aryl methyl sites for hydroxylation is 1. The molecule has 0 aliphatic rings. The molecule has 2 aromatic rings. The van der Waals surface area contributed by atoms with Crippen LogP contribution < -0.4 is 5.32 Å². The SMILES string of the molecule is Cn1cc(CNC(=O)C(C)(C)c2cccc(C(F)(F)F)c2)cn1. The lowest BCUT2D eigenvalue weighted by Crippen LogP contribution is -2.39. The molecule has 1 heterocycles. The Bertz CT molecular complexity index is 705. The molecule has 1 aromatic heterocycles. The van der Waals surface area contributed by atoms with Crippen molar-refractivity contribution in [3.63, 3.8) is 0 Å². The van der Waals surface area contributed by atoms with Crippen molar-refractivity contribution in [1.29, 1.82) is 0 Å². The van der Waals surface area contributed by atoms with E-state index in [-0.39, 0.29) is 12.5 Å². The van der Waals surface area contributed by atoms with E-state index in [9.17, 15) is 18.0 Å². The summed E-state index contributed by atoms with van der Waals surface area (Å²) in [6.07, 6.45) is -1.05. The Kier molecular flexibility index (Phi) is 4.49. The van der Waals surface area contributed by atoms with Crippen LogP contribution in [0, 0.1) is 0 Å². The third kappa shape index (κ3) is 3.91. The highest BCUT2D eigenvalue weighted by atomic mass is 19.4. The predicted molar refractivity (Wildman–Crippen MR) is 79.5 cm³/mol. The molecular formula is C16H18F3N3O. The molecule has 0 aliphatic carbocycles. The smallest absolute Gasteiger partial charge is 0.351 e. The summed E-state index contributed by atoms with van der Waals surface area (Å²) in [5.74, 6) is -0.347. The van der Waals surface area contributed by atoms with E-state index < -0.39 is 17.2 Å². The van der Waals surface area contributed by atoms with Gasteiger partial charge in [-0.2, -0.15) is 18.3 Å². The zero-order valence-electron chi connectivity index (χ0n) is 13.1. The second-order valence-electron chi connectivity index (χ2n) is 5.91. The number of halogens is 3. The largest absolute Gasteiger partial charge is 0.416 e. The van der Waals surface area contributed by atoms with Crippen LogP contribution in [0.25, 0.3) is 0 Å². The maximum Gasteiger partial charge on any atom is 0.416 e. The number of carbonyl (C=O) groups is 1. The van der Waals surface area contributed by atoms with E-state index in [0.717, 1.165) is 17.7 Å². The Hall–Kier alpha value is -2.31. The third-order valence-corrected chi connectivity index (χ3v) is 3.69. The van der Waals surface area contributed by atoms with Crippen molar-refractivity contribution >= 4 is 5.91 Å². The summed E-state index contributed by atoms with van der Waals surface area (Å²) in [7, 11) is 1.76. The van der Waals surface area contributed by atoms with Crippen LogP contribution >= 0.6 is 0 Å². The molecule has 0 radical (unpaired) electrons. The summed E-state index contributed by atoms with van der Waals surface area (Å²) in [6, 6.07) is 4.85. The first-order valence-electron chi connectivity index (χ1n) is 7.04. The second-order valence-corrected chi connectivity index (χ2v) is 5.91. The molecule has 0 unspecified atom stereocenters. The molecule has 0 saturated heterocycles. The van der Waals surface area contributed by atoms with Gasteiger partial charge in [0.05, 0.1) is 17.2 Å². The van der Waals surface area contributed by atoms with E-state index >= 15 is 0 Å². The minimum Gasteiger partial charge on any atom is -0.351 e. The molecule has 124 valence electrons. The Balaban J connectivity index is 2.15. The standard InChI is InChI=1S/C16H18F3N3O/c1-15(2,12-5-4-6-13(7-12)16(17,18)19)14(23)20-8-11-9-21-22(3)10-11/h4-7,9-10H,8H2,1-3H3,(H,20,23). The lowest BCUT2D eigenvalue weighted by Gasteiger charge is -2.25. The quantitative estimate of drug-likeness (QED) is 0.939. The highest BCUT2D eigenvalue weighted by molar-refractivity contribution is 5.87. The number of benzene rings is 1. The molecule has 0 fully saturated rings. The zero-order chi connectivity index (χ0) is 17.3. The number of nitrogens with zero attached hydrogens (tertiary/aromatic N) is 2. The Morgan fingerprint density at radius 2 is 1.91 bits per heavy atom. The summed E-state index contributed by atoms with van der Waals surface area (Å²) < 4.78 is 40.1. The topological polar surface area (TPSA) is 46.9 Å². The van der Waals surface area contributed by atoms with Crippen molar-refractivity contribution in [2.75, 3.05) is 0 Å². The van der Waals surface area contributed by atoms with Gasteiger partial charge in [-0.25, -0.2) is 0 Å². The van der Waals surface area contributed by atoms with E-state index in [4.69, 9.17) is 0 Å². The molecule has 0 atom stereocenters. The highest BCUT2D eigenvalue weighted by Crippen LogP contribution is 2.32. The first kappa shape index (κ1) is 17.1. The van der Waals surface area contributed by atoms with Gasteiger partial charge in [-0.3, -0.25) is 9.48 Å². The van der Waals surface area contributed by atoms with Gasteiger partial charge < -0.3 is 5.32 Å². The van der Waals surface area contributed by atoms with Crippen LogP contribution in [-0.4, -0.2) is 15.7 Å². The van der Waals surface area contributed by atoms with Gasteiger partial charge in [-0.1, -0.05) is 18.2 Å². The summed E-state index contributed by atoms with van der Waals surface area (Å²) in [4.78, 5) is 12.4. The molecule has 2 rings (SSSR count). The van der Waals surface area contributed by atoms with Gasteiger partial charge in [0.15, 0.2) is 0 Å². The van der Waals surface area contributed by atoms with Crippen molar-refractivity contribution in [2.24, 2.45) is 7.05 Å². The van der Waals surface area contributed by atoms with Crippen molar-refractivity contribution in [1.82, 2.24) is 15.1 Å². The first-order valence-corrected chi connectivity index (χ1v) is 7.04. The van der Waals surface area contributed by atoms with E-state index in [1.807, 2.05) is 0 Å². The van der Waals surface area contributed by atoms with Gasteiger partial charge in [-0.15, -0.1) is 0 Å². The fourth-order valence-electron chi connectivity index (χ4n) is 2.18. The highest BCUT2D eigenvalue weighted by Gasteiger charge is 2.34. The summed E-state index contributed by atoms with van der Waals surface area (Å²) in [5, 5.41) is 6.73. The second kappa shape index (κ2) is 6.06. The van der Waals surface area contributed by atoms with Crippen molar-refractivity contribution in [3.8, 4) is 0 Å². The van der Waals surface area contributed by atoms with E-state index in [2.05, 4.69) is 10.4 Å². The number of amides is 1. The van der Waals surface area contributed by atoms with E-state index in [1.165, 1.54) is 12.1 Å². The van der Waals surface area contributed by atoms with Crippen LogP contribution in [0.2, 0.25) is 0 Å². The summed E-state index contributed by atoms with van der Waals surface area (Å²) in [5.41, 5.74) is -0.705. The third-order valence-electron chi connectivity index (χ3n) is 3.69. The number of carbonyl (C=O) groups excluding carboxylic acids is 1. The summed E-state index contributed by atoms with van der Waals surface area (Å²) in [6.45, 7) is 3.47. The maximum absolute atomic E-state index is 12.8. The van der Waals surface area contributed by atoms with Crippen molar-refractivity contribution in [3.05, 3.63) is 53.3 Å².